The number of esters is 1. The number of hydrogen-bond acceptors (Lipinski definition) is 3. The van der Waals surface area contributed by atoms with Gasteiger partial charge in [0, 0.05) is 29.9 Å². The van der Waals surface area contributed by atoms with E-state index in [2.05, 4.69) is 4.98 Å². The molecule has 3 aromatic rings. The van der Waals surface area contributed by atoms with E-state index in [4.69, 9.17) is 4.74 Å². The molecule has 2 aromatic heterocycles. The minimum atomic E-state index is -0.451. The molecular weight excluding hydrogens is 304 g/mol. The molecule has 4 rings (SSSR count). The predicted octanol–water partition coefficient (Wildman–Crippen LogP) is 3.41. The van der Waals surface area contributed by atoms with Crippen molar-refractivity contribution in [1.82, 2.24) is 9.55 Å². The number of fused-ring (bicyclic) bond motifs is 3. The summed E-state index contributed by atoms with van der Waals surface area (Å²) in [5.74, 6) is -0.517. The van der Waals surface area contributed by atoms with Gasteiger partial charge in [-0.25, -0.2) is 4.79 Å². The smallest absolute Gasteiger partial charge is 0.355 e. The van der Waals surface area contributed by atoms with Crippen LogP contribution in [-0.4, -0.2) is 27.9 Å². The third-order valence-corrected chi connectivity index (χ3v) is 4.35. The van der Waals surface area contributed by atoms with Crippen molar-refractivity contribution >= 4 is 11.8 Å². The van der Waals surface area contributed by atoms with Crippen LogP contribution in [0.3, 0.4) is 0 Å². The number of benzene rings is 1. The maximum absolute atomic E-state index is 12.9. The number of ether oxygens (including phenoxy) is 1. The summed E-state index contributed by atoms with van der Waals surface area (Å²) in [6, 6.07) is 11.2. The van der Waals surface area contributed by atoms with Crippen LogP contribution in [0, 0.1) is 0 Å². The molecule has 0 spiro atoms. The third-order valence-electron chi connectivity index (χ3n) is 4.35. The van der Waals surface area contributed by atoms with Crippen LogP contribution in [0.15, 0.2) is 42.6 Å². The summed E-state index contributed by atoms with van der Waals surface area (Å²) in [4.78, 5) is 28.5. The van der Waals surface area contributed by atoms with Crippen molar-refractivity contribution < 1.29 is 14.3 Å². The fourth-order valence-corrected chi connectivity index (χ4v) is 3.30. The van der Waals surface area contributed by atoms with E-state index in [-0.39, 0.29) is 12.4 Å². The van der Waals surface area contributed by atoms with E-state index in [9.17, 15) is 9.59 Å². The zero-order valence-electron chi connectivity index (χ0n) is 13.4. The zero-order valence-corrected chi connectivity index (χ0v) is 13.4. The molecule has 24 heavy (non-hydrogen) atoms. The second-order valence-corrected chi connectivity index (χ2v) is 5.72. The van der Waals surface area contributed by atoms with Gasteiger partial charge in [-0.2, -0.15) is 0 Å². The highest BCUT2D eigenvalue weighted by Crippen LogP contribution is 2.43. The Hall–Kier alpha value is -3.08. The highest BCUT2D eigenvalue weighted by molar-refractivity contribution is 6.26. The Morgan fingerprint density at radius 3 is 2.54 bits per heavy atom. The van der Waals surface area contributed by atoms with Gasteiger partial charge in [-0.3, -0.25) is 4.79 Å². The monoisotopic (exact) mass is 320 g/mol. The lowest BCUT2D eigenvalue weighted by Crippen LogP contribution is -2.09. The Labute approximate surface area is 138 Å². The van der Waals surface area contributed by atoms with Crippen LogP contribution in [0.25, 0.3) is 22.5 Å². The minimum Gasteiger partial charge on any atom is -0.461 e. The summed E-state index contributed by atoms with van der Waals surface area (Å²) in [7, 11) is 1.89. The number of aromatic amines is 1. The van der Waals surface area contributed by atoms with Crippen molar-refractivity contribution in [2.75, 3.05) is 6.61 Å². The molecule has 2 heterocycles. The normalized spacial score (nSPS) is 12.2. The molecule has 0 amide bonds. The Balaban J connectivity index is 2.02. The van der Waals surface area contributed by atoms with Gasteiger partial charge in [0.2, 0.25) is 0 Å². The van der Waals surface area contributed by atoms with Gasteiger partial charge in [-0.05, 0) is 19.1 Å². The lowest BCUT2D eigenvalue weighted by Gasteiger charge is -2.08. The number of carbonyl (C=O) groups excluding carboxylic acids is 2. The van der Waals surface area contributed by atoms with Gasteiger partial charge in [0.25, 0.3) is 0 Å². The van der Waals surface area contributed by atoms with Crippen LogP contribution >= 0.6 is 0 Å². The highest BCUT2D eigenvalue weighted by atomic mass is 16.5. The van der Waals surface area contributed by atoms with E-state index in [1.165, 1.54) is 0 Å². The van der Waals surface area contributed by atoms with Crippen LogP contribution in [-0.2, 0) is 11.8 Å². The molecular formula is C19H16N2O3. The van der Waals surface area contributed by atoms with Crippen molar-refractivity contribution in [3.05, 3.63) is 59.4 Å². The molecule has 0 saturated carbocycles. The van der Waals surface area contributed by atoms with Crippen molar-refractivity contribution in [3.8, 4) is 22.5 Å². The molecule has 0 unspecified atom stereocenters. The lowest BCUT2D eigenvalue weighted by molar-refractivity contribution is 0.0521. The van der Waals surface area contributed by atoms with Gasteiger partial charge >= 0.3 is 5.97 Å². The number of aryl methyl sites for hydroxylation is 1. The van der Waals surface area contributed by atoms with Crippen LogP contribution in [0.1, 0.15) is 33.3 Å². The molecule has 5 heteroatoms. The van der Waals surface area contributed by atoms with E-state index in [0.29, 0.717) is 28.1 Å². The van der Waals surface area contributed by atoms with E-state index in [0.717, 1.165) is 11.3 Å². The first-order chi connectivity index (χ1) is 11.6. The number of carbonyl (C=O) groups is 2. The number of rotatable bonds is 3. The first kappa shape index (κ1) is 14.5. The number of H-pyrrole nitrogens is 1. The SMILES string of the molecule is CCOC(=O)c1[nH]c2c(c1-c1cccn1C)C(=O)c1ccccc1-2. The topological polar surface area (TPSA) is 64.1 Å². The quantitative estimate of drug-likeness (QED) is 0.588. The van der Waals surface area contributed by atoms with Gasteiger partial charge in [0.15, 0.2) is 5.78 Å². The van der Waals surface area contributed by atoms with Crippen molar-refractivity contribution in [1.29, 1.82) is 0 Å². The van der Waals surface area contributed by atoms with Gasteiger partial charge in [-0.15, -0.1) is 0 Å². The largest absolute Gasteiger partial charge is 0.461 e. The predicted molar refractivity (Wildman–Crippen MR) is 90.0 cm³/mol. The average Bonchev–Trinajstić information content (AvgIpc) is 3.23. The lowest BCUT2D eigenvalue weighted by atomic mass is 10.0. The first-order valence-electron chi connectivity index (χ1n) is 7.82. The molecule has 1 aliphatic rings. The Morgan fingerprint density at radius 1 is 1.12 bits per heavy atom. The molecule has 0 fully saturated rings. The summed E-state index contributed by atoms with van der Waals surface area (Å²) < 4.78 is 7.07. The molecule has 0 aliphatic heterocycles. The summed E-state index contributed by atoms with van der Waals surface area (Å²) >= 11 is 0. The molecule has 0 atom stereocenters. The summed E-state index contributed by atoms with van der Waals surface area (Å²) in [5, 5.41) is 0. The van der Waals surface area contributed by atoms with Gasteiger partial charge in [-0.1, -0.05) is 24.3 Å². The number of nitrogens with one attached hydrogen (secondary N) is 1. The molecule has 1 N–H and O–H groups in total. The third kappa shape index (κ3) is 1.88. The maximum atomic E-state index is 12.9. The zero-order chi connectivity index (χ0) is 16.8. The number of nitrogens with zero attached hydrogens (tertiary/aromatic N) is 1. The molecule has 0 radical (unpaired) electrons. The second-order valence-electron chi connectivity index (χ2n) is 5.72. The second kappa shape index (κ2) is 5.23. The van der Waals surface area contributed by atoms with E-state index >= 15 is 0 Å². The molecule has 1 aliphatic carbocycles. The van der Waals surface area contributed by atoms with Crippen LogP contribution < -0.4 is 0 Å². The molecule has 120 valence electrons. The Morgan fingerprint density at radius 2 is 1.88 bits per heavy atom. The number of aromatic nitrogens is 2. The number of ketones is 1. The van der Waals surface area contributed by atoms with Crippen LogP contribution in [0.4, 0.5) is 0 Å². The van der Waals surface area contributed by atoms with Crippen LogP contribution in [0.5, 0.6) is 0 Å². The standard InChI is InChI=1S/C19H16N2O3/c1-3-24-19(23)17-14(13-9-6-10-21(13)2)15-16(20-17)11-7-4-5-8-12(11)18(15)22/h4-10,20H,3H2,1-2H3. The summed E-state index contributed by atoms with van der Waals surface area (Å²) in [5.41, 5.74) is 4.45. The molecule has 0 bridgehead atoms. The molecule has 5 nitrogen and oxygen atoms in total. The van der Waals surface area contributed by atoms with Crippen molar-refractivity contribution in [2.45, 2.75) is 6.92 Å². The van der Waals surface area contributed by atoms with Crippen LogP contribution in [0.2, 0.25) is 0 Å². The first-order valence-corrected chi connectivity index (χ1v) is 7.82. The fourth-order valence-electron chi connectivity index (χ4n) is 3.30. The molecule has 0 saturated heterocycles. The van der Waals surface area contributed by atoms with Gasteiger partial charge in [0.1, 0.15) is 5.69 Å². The van der Waals surface area contributed by atoms with Gasteiger partial charge < -0.3 is 14.3 Å². The molecule has 1 aromatic carbocycles. The fraction of sp³-hybridized carbons (Fsp3) is 0.158. The van der Waals surface area contributed by atoms with Gasteiger partial charge in [0.05, 0.1) is 23.6 Å². The summed E-state index contributed by atoms with van der Waals surface area (Å²) in [6.45, 7) is 2.04. The van der Waals surface area contributed by atoms with E-state index < -0.39 is 5.97 Å². The minimum absolute atomic E-state index is 0.0661. The maximum Gasteiger partial charge on any atom is 0.355 e. The average molecular weight is 320 g/mol. The van der Waals surface area contributed by atoms with E-state index in [1.54, 1.807) is 6.92 Å². The Bertz CT molecular complexity index is 978. The van der Waals surface area contributed by atoms with Crippen molar-refractivity contribution in [3.63, 3.8) is 0 Å². The Kier molecular flexibility index (Phi) is 3.16. The summed E-state index contributed by atoms with van der Waals surface area (Å²) in [6.07, 6.45) is 1.89. The van der Waals surface area contributed by atoms with E-state index in [1.807, 2.05) is 54.2 Å². The highest BCUT2D eigenvalue weighted by Gasteiger charge is 2.36. The van der Waals surface area contributed by atoms with Crippen molar-refractivity contribution in [2.24, 2.45) is 7.05 Å². The number of hydrogen-bond donors (Lipinski definition) is 1.